The lowest BCUT2D eigenvalue weighted by atomic mass is 10.2. The molecule has 6 heteroatoms. The Hall–Kier alpha value is -2.92. The van der Waals surface area contributed by atoms with Gasteiger partial charge in [0.1, 0.15) is 5.82 Å². The largest absolute Gasteiger partial charge is 0.326 e. The summed E-state index contributed by atoms with van der Waals surface area (Å²) >= 11 is 6.24. The number of benzene rings is 2. The topological polar surface area (TPSA) is 46.8 Å². The summed E-state index contributed by atoms with van der Waals surface area (Å²) in [5.74, 6) is 0.755. The molecule has 0 saturated heterocycles. The van der Waals surface area contributed by atoms with E-state index in [2.05, 4.69) is 26.9 Å². The van der Waals surface area contributed by atoms with Crippen molar-refractivity contribution < 1.29 is 0 Å². The molecule has 4 rings (SSSR count). The van der Waals surface area contributed by atoms with E-state index in [1.807, 2.05) is 60.7 Å². The van der Waals surface area contributed by atoms with Crippen molar-refractivity contribution in [2.24, 2.45) is 0 Å². The molecular weight excluding hydrogens is 334 g/mol. The van der Waals surface area contributed by atoms with Crippen LogP contribution in [0, 0.1) is 0 Å². The van der Waals surface area contributed by atoms with Crippen molar-refractivity contribution in [2.45, 2.75) is 6.92 Å². The van der Waals surface area contributed by atoms with Gasteiger partial charge < -0.3 is 4.90 Å². The van der Waals surface area contributed by atoms with E-state index in [1.165, 1.54) is 0 Å². The summed E-state index contributed by atoms with van der Waals surface area (Å²) in [6.45, 7) is 2.83. The third-order valence-electron chi connectivity index (χ3n) is 4.02. The summed E-state index contributed by atoms with van der Waals surface area (Å²) in [6.07, 6.45) is 1.79. The third-order valence-corrected chi connectivity index (χ3v) is 4.19. The molecule has 0 aliphatic rings. The van der Waals surface area contributed by atoms with E-state index < -0.39 is 0 Å². The van der Waals surface area contributed by atoms with Crippen LogP contribution in [0.25, 0.3) is 16.7 Å². The van der Waals surface area contributed by atoms with E-state index in [1.54, 1.807) is 10.9 Å². The average molecular weight is 350 g/mol. The Balaban J connectivity index is 1.92. The van der Waals surface area contributed by atoms with E-state index in [9.17, 15) is 0 Å². The lowest BCUT2D eigenvalue weighted by Gasteiger charge is -2.22. The predicted molar refractivity (Wildman–Crippen MR) is 101 cm³/mol. The Labute approximate surface area is 150 Å². The number of aromatic nitrogens is 4. The normalized spacial score (nSPS) is 11.0. The van der Waals surface area contributed by atoms with Gasteiger partial charge in [-0.3, -0.25) is 0 Å². The minimum absolute atomic E-state index is 0.203. The van der Waals surface area contributed by atoms with Crippen LogP contribution in [0.4, 0.5) is 11.5 Å². The van der Waals surface area contributed by atoms with Crippen LogP contribution in [0.2, 0.25) is 5.28 Å². The van der Waals surface area contributed by atoms with Crippen molar-refractivity contribution in [1.29, 1.82) is 0 Å². The number of nitrogens with zero attached hydrogens (tertiary/aromatic N) is 5. The highest BCUT2D eigenvalue weighted by molar-refractivity contribution is 6.28. The quantitative estimate of drug-likeness (QED) is 0.504. The fourth-order valence-corrected chi connectivity index (χ4v) is 3.05. The molecule has 0 spiro atoms. The van der Waals surface area contributed by atoms with Crippen LogP contribution < -0.4 is 4.90 Å². The van der Waals surface area contributed by atoms with Crippen LogP contribution in [0.1, 0.15) is 6.92 Å². The number of hydrogen-bond acceptors (Lipinski definition) is 4. The van der Waals surface area contributed by atoms with Crippen LogP contribution in [0.15, 0.2) is 66.9 Å². The van der Waals surface area contributed by atoms with Crippen molar-refractivity contribution in [3.8, 4) is 5.69 Å². The molecule has 0 N–H and O–H groups in total. The van der Waals surface area contributed by atoms with Crippen molar-refractivity contribution in [3.63, 3.8) is 0 Å². The summed E-state index contributed by atoms with van der Waals surface area (Å²) in [5, 5.41) is 5.57. The van der Waals surface area contributed by atoms with Gasteiger partial charge >= 0.3 is 0 Å². The zero-order valence-corrected chi connectivity index (χ0v) is 14.4. The van der Waals surface area contributed by atoms with Gasteiger partial charge in [-0.05, 0) is 42.8 Å². The molecule has 2 aromatic heterocycles. The molecule has 0 aliphatic carbocycles. The van der Waals surface area contributed by atoms with Gasteiger partial charge in [0.15, 0.2) is 5.65 Å². The highest BCUT2D eigenvalue weighted by atomic mass is 35.5. The number of para-hydroxylation sites is 2. The van der Waals surface area contributed by atoms with Gasteiger partial charge in [0.05, 0.1) is 17.3 Å². The van der Waals surface area contributed by atoms with E-state index in [4.69, 9.17) is 11.6 Å². The minimum atomic E-state index is 0.203. The molecule has 2 heterocycles. The zero-order chi connectivity index (χ0) is 17.2. The Morgan fingerprint density at radius 2 is 1.64 bits per heavy atom. The fourth-order valence-electron chi connectivity index (χ4n) is 2.89. The van der Waals surface area contributed by atoms with E-state index in [-0.39, 0.29) is 5.28 Å². The number of rotatable bonds is 4. The van der Waals surface area contributed by atoms with Crippen molar-refractivity contribution in [2.75, 3.05) is 11.4 Å². The molecule has 0 bridgehead atoms. The summed E-state index contributed by atoms with van der Waals surface area (Å²) in [7, 11) is 0. The fraction of sp³-hybridized carbons (Fsp3) is 0.105. The lowest BCUT2D eigenvalue weighted by molar-refractivity contribution is 0.894. The number of halogens is 1. The van der Waals surface area contributed by atoms with Crippen LogP contribution in [-0.2, 0) is 0 Å². The molecule has 0 atom stereocenters. The maximum absolute atomic E-state index is 6.24. The van der Waals surface area contributed by atoms with Gasteiger partial charge in [-0.25, -0.2) is 4.68 Å². The Bertz CT molecular complexity index is 998. The summed E-state index contributed by atoms with van der Waals surface area (Å²) < 4.78 is 1.78. The number of fused-ring (bicyclic) bond motifs is 1. The molecule has 25 heavy (non-hydrogen) atoms. The molecule has 2 aromatic carbocycles. The van der Waals surface area contributed by atoms with Crippen molar-refractivity contribution in [1.82, 2.24) is 19.7 Å². The Morgan fingerprint density at radius 3 is 2.32 bits per heavy atom. The molecule has 0 unspecified atom stereocenters. The van der Waals surface area contributed by atoms with Gasteiger partial charge in [-0.15, -0.1) is 0 Å². The molecular formula is C19H16ClN5. The van der Waals surface area contributed by atoms with Crippen LogP contribution >= 0.6 is 11.6 Å². The molecule has 124 valence electrons. The summed E-state index contributed by atoms with van der Waals surface area (Å²) in [5.41, 5.74) is 2.67. The highest BCUT2D eigenvalue weighted by Gasteiger charge is 2.18. The maximum atomic E-state index is 6.24. The van der Waals surface area contributed by atoms with E-state index >= 15 is 0 Å². The van der Waals surface area contributed by atoms with E-state index in [0.717, 1.165) is 29.1 Å². The summed E-state index contributed by atoms with van der Waals surface area (Å²) in [4.78, 5) is 11.0. The van der Waals surface area contributed by atoms with Gasteiger partial charge in [-0.2, -0.15) is 15.1 Å². The number of hydrogen-bond donors (Lipinski definition) is 0. The summed E-state index contributed by atoms with van der Waals surface area (Å²) in [6, 6.07) is 20.0. The van der Waals surface area contributed by atoms with Crippen molar-refractivity contribution >= 4 is 34.1 Å². The first kappa shape index (κ1) is 15.6. The molecule has 5 nitrogen and oxygen atoms in total. The van der Waals surface area contributed by atoms with Gasteiger partial charge in [-0.1, -0.05) is 36.4 Å². The first-order chi connectivity index (χ1) is 12.3. The van der Waals surface area contributed by atoms with Crippen LogP contribution in [0.3, 0.4) is 0 Å². The second kappa shape index (κ2) is 6.53. The van der Waals surface area contributed by atoms with Crippen molar-refractivity contribution in [3.05, 3.63) is 72.1 Å². The lowest BCUT2D eigenvalue weighted by Crippen LogP contribution is -2.18. The molecule has 4 aromatic rings. The third kappa shape index (κ3) is 2.83. The Morgan fingerprint density at radius 1 is 0.960 bits per heavy atom. The molecule has 0 saturated carbocycles. The number of anilines is 2. The minimum Gasteiger partial charge on any atom is -0.326 e. The first-order valence-corrected chi connectivity index (χ1v) is 8.45. The molecule has 0 amide bonds. The van der Waals surface area contributed by atoms with E-state index in [0.29, 0.717) is 5.65 Å². The highest BCUT2D eigenvalue weighted by Crippen LogP contribution is 2.31. The maximum Gasteiger partial charge on any atom is 0.226 e. The van der Waals surface area contributed by atoms with Gasteiger partial charge in [0, 0.05) is 12.2 Å². The monoisotopic (exact) mass is 349 g/mol. The molecule has 0 radical (unpaired) electrons. The smallest absolute Gasteiger partial charge is 0.226 e. The standard InChI is InChI=1S/C19H16ClN5/c1-2-24(14-9-5-3-6-10-14)17-16-13-21-25(15-11-7-4-8-12-15)18(16)23-19(20)22-17/h3-13H,2H2,1H3. The SMILES string of the molecule is CCN(c1ccccc1)c1nc(Cl)nc2c1cnn2-c1ccccc1. The predicted octanol–water partition coefficient (Wildman–Crippen LogP) is 4.63. The average Bonchev–Trinajstić information content (AvgIpc) is 3.07. The second-order valence-corrected chi connectivity index (χ2v) is 5.86. The van der Waals surface area contributed by atoms with Crippen LogP contribution in [0.5, 0.6) is 0 Å². The zero-order valence-electron chi connectivity index (χ0n) is 13.7. The first-order valence-electron chi connectivity index (χ1n) is 8.07. The van der Waals surface area contributed by atoms with Gasteiger partial charge in [0.2, 0.25) is 5.28 Å². The molecule has 0 fully saturated rings. The second-order valence-electron chi connectivity index (χ2n) is 5.53. The van der Waals surface area contributed by atoms with Gasteiger partial charge in [0.25, 0.3) is 0 Å². The molecule has 0 aliphatic heterocycles. The Kier molecular flexibility index (Phi) is 4.07. The van der Waals surface area contributed by atoms with Crippen LogP contribution in [-0.4, -0.2) is 26.3 Å².